The number of amides is 2. The number of aryl methyl sites for hydroxylation is 1. The van der Waals surface area contributed by atoms with Gasteiger partial charge in [0.1, 0.15) is 5.82 Å². The number of nitrogens with one attached hydrogen (secondary N) is 2. The van der Waals surface area contributed by atoms with Crippen LogP contribution in [0.1, 0.15) is 36.6 Å². The van der Waals surface area contributed by atoms with Crippen molar-refractivity contribution in [3.63, 3.8) is 0 Å². The summed E-state index contributed by atoms with van der Waals surface area (Å²) >= 11 is 0. The van der Waals surface area contributed by atoms with Gasteiger partial charge in [0.25, 0.3) is 0 Å². The van der Waals surface area contributed by atoms with Crippen molar-refractivity contribution in [2.24, 2.45) is 5.92 Å². The van der Waals surface area contributed by atoms with Gasteiger partial charge in [0.2, 0.25) is 11.8 Å². The van der Waals surface area contributed by atoms with E-state index in [2.05, 4.69) is 15.7 Å². The molecule has 8 nitrogen and oxygen atoms in total. The summed E-state index contributed by atoms with van der Waals surface area (Å²) in [5.41, 5.74) is 2.63. The van der Waals surface area contributed by atoms with Crippen LogP contribution in [0.3, 0.4) is 0 Å². The molecule has 29 heavy (non-hydrogen) atoms. The Kier molecular flexibility index (Phi) is 5.16. The van der Waals surface area contributed by atoms with Gasteiger partial charge < -0.3 is 10.6 Å². The molecule has 1 aromatic carbocycles. The second kappa shape index (κ2) is 7.62. The zero-order valence-corrected chi connectivity index (χ0v) is 17.0. The molecule has 9 heteroatoms. The molecule has 2 aliphatic heterocycles. The number of aromatic nitrogens is 2. The lowest BCUT2D eigenvalue weighted by atomic mass is 9.89. The van der Waals surface area contributed by atoms with E-state index in [9.17, 15) is 18.0 Å². The van der Waals surface area contributed by atoms with Crippen molar-refractivity contribution in [2.75, 3.05) is 22.1 Å². The highest BCUT2D eigenvalue weighted by atomic mass is 32.2. The molecule has 4 rings (SSSR count). The normalized spacial score (nSPS) is 22.7. The lowest BCUT2D eigenvalue weighted by Crippen LogP contribution is -2.30. The Labute approximate surface area is 169 Å². The standard InChI is InChI=1S/C20H24N4O4S/c1-13-10-18(24(23-13)16-8-9-29(27,28)12-16)22-19(25)7-6-15-11-14-4-2-3-5-17(14)21-20(15)26/h2-5,10,15-16H,6-9,11-12H2,1H3,(H,21,26)(H,22,25). The number of rotatable bonds is 5. The van der Waals surface area contributed by atoms with Crippen LogP contribution >= 0.6 is 0 Å². The molecule has 3 heterocycles. The third kappa shape index (κ3) is 4.34. The van der Waals surface area contributed by atoms with E-state index in [4.69, 9.17) is 0 Å². The lowest BCUT2D eigenvalue weighted by Gasteiger charge is -2.24. The molecule has 2 aromatic rings. The first-order chi connectivity index (χ1) is 13.8. The molecule has 154 valence electrons. The van der Waals surface area contributed by atoms with Gasteiger partial charge >= 0.3 is 0 Å². The molecular formula is C20H24N4O4S. The van der Waals surface area contributed by atoms with Gasteiger partial charge in [0, 0.05) is 24.1 Å². The Balaban J connectivity index is 1.38. The number of para-hydroxylation sites is 1. The maximum atomic E-state index is 12.5. The Hall–Kier alpha value is -2.68. The average molecular weight is 417 g/mol. The number of sulfone groups is 1. The van der Waals surface area contributed by atoms with E-state index < -0.39 is 9.84 Å². The third-order valence-electron chi connectivity index (χ3n) is 5.51. The van der Waals surface area contributed by atoms with E-state index in [0.29, 0.717) is 30.8 Å². The molecule has 0 spiro atoms. The van der Waals surface area contributed by atoms with Gasteiger partial charge in [-0.2, -0.15) is 5.10 Å². The zero-order chi connectivity index (χ0) is 20.6. The van der Waals surface area contributed by atoms with Gasteiger partial charge in [-0.1, -0.05) is 18.2 Å². The third-order valence-corrected chi connectivity index (χ3v) is 7.26. The minimum absolute atomic E-state index is 0.0403. The SMILES string of the molecule is Cc1cc(NC(=O)CCC2Cc3ccccc3NC2=O)n(C2CCS(=O)(=O)C2)n1. The number of carbonyl (C=O) groups is 2. The van der Waals surface area contributed by atoms with Crippen LogP contribution in [0.5, 0.6) is 0 Å². The number of hydrogen-bond acceptors (Lipinski definition) is 5. The first-order valence-electron chi connectivity index (χ1n) is 9.76. The van der Waals surface area contributed by atoms with Crippen LogP contribution in [0.2, 0.25) is 0 Å². The predicted octanol–water partition coefficient (Wildman–Crippen LogP) is 2.08. The van der Waals surface area contributed by atoms with Crippen LogP contribution < -0.4 is 10.6 Å². The Bertz CT molecular complexity index is 1060. The van der Waals surface area contributed by atoms with E-state index in [0.717, 1.165) is 11.3 Å². The van der Waals surface area contributed by atoms with Crippen molar-refractivity contribution in [3.05, 3.63) is 41.6 Å². The summed E-state index contributed by atoms with van der Waals surface area (Å²) in [6.07, 6.45) is 1.75. The summed E-state index contributed by atoms with van der Waals surface area (Å²) in [5.74, 6) is 0.170. The molecule has 0 saturated carbocycles. The molecule has 0 bridgehead atoms. The highest BCUT2D eigenvalue weighted by molar-refractivity contribution is 7.91. The van der Waals surface area contributed by atoms with Crippen LogP contribution in [0.25, 0.3) is 0 Å². The number of fused-ring (bicyclic) bond motifs is 1. The minimum Gasteiger partial charge on any atom is -0.326 e. The largest absolute Gasteiger partial charge is 0.326 e. The molecule has 2 atom stereocenters. The molecule has 2 aliphatic rings. The molecular weight excluding hydrogens is 392 g/mol. The average Bonchev–Trinajstić information content (AvgIpc) is 3.21. The van der Waals surface area contributed by atoms with E-state index in [-0.39, 0.29) is 41.7 Å². The van der Waals surface area contributed by atoms with Gasteiger partial charge in [-0.3, -0.25) is 9.59 Å². The molecule has 0 radical (unpaired) electrons. The fourth-order valence-corrected chi connectivity index (χ4v) is 5.71. The monoisotopic (exact) mass is 416 g/mol. The van der Waals surface area contributed by atoms with Crippen LogP contribution in [0.4, 0.5) is 11.5 Å². The van der Waals surface area contributed by atoms with Crippen LogP contribution in [-0.4, -0.2) is 41.5 Å². The van der Waals surface area contributed by atoms with Crippen LogP contribution in [-0.2, 0) is 25.8 Å². The van der Waals surface area contributed by atoms with E-state index in [1.807, 2.05) is 24.3 Å². The molecule has 2 unspecified atom stereocenters. The van der Waals surface area contributed by atoms with Crippen molar-refractivity contribution in [2.45, 2.75) is 38.6 Å². The highest BCUT2D eigenvalue weighted by Gasteiger charge is 2.31. The highest BCUT2D eigenvalue weighted by Crippen LogP contribution is 2.29. The van der Waals surface area contributed by atoms with Crippen LogP contribution in [0, 0.1) is 12.8 Å². The summed E-state index contributed by atoms with van der Waals surface area (Å²) in [6.45, 7) is 1.80. The van der Waals surface area contributed by atoms with E-state index >= 15 is 0 Å². The van der Waals surface area contributed by atoms with Gasteiger partial charge in [-0.05, 0) is 37.8 Å². The number of benzene rings is 1. The fourth-order valence-electron chi connectivity index (χ4n) is 4.01. The maximum absolute atomic E-state index is 12.5. The summed E-state index contributed by atoms with van der Waals surface area (Å²) in [4.78, 5) is 24.8. The molecule has 2 N–H and O–H groups in total. The summed E-state index contributed by atoms with van der Waals surface area (Å²) in [5, 5.41) is 10.1. The summed E-state index contributed by atoms with van der Waals surface area (Å²) in [6, 6.07) is 9.17. The number of nitrogens with zero attached hydrogens (tertiary/aromatic N) is 2. The lowest BCUT2D eigenvalue weighted by molar-refractivity contribution is -0.121. The van der Waals surface area contributed by atoms with Gasteiger partial charge in [-0.15, -0.1) is 0 Å². The smallest absolute Gasteiger partial charge is 0.227 e. The molecule has 1 saturated heterocycles. The molecule has 0 aliphatic carbocycles. The maximum Gasteiger partial charge on any atom is 0.227 e. The second-order valence-electron chi connectivity index (χ2n) is 7.81. The Morgan fingerprint density at radius 1 is 1.34 bits per heavy atom. The number of carbonyl (C=O) groups excluding carboxylic acids is 2. The van der Waals surface area contributed by atoms with Crippen molar-refractivity contribution in [3.8, 4) is 0 Å². The van der Waals surface area contributed by atoms with Crippen molar-refractivity contribution < 1.29 is 18.0 Å². The molecule has 2 amide bonds. The minimum atomic E-state index is -3.05. The Morgan fingerprint density at radius 2 is 2.14 bits per heavy atom. The second-order valence-corrected chi connectivity index (χ2v) is 10.0. The first-order valence-corrected chi connectivity index (χ1v) is 11.6. The van der Waals surface area contributed by atoms with E-state index in [1.165, 1.54) is 0 Å². The van der Waals surface area contributed by atoms with Gasteiger partial charge in [0.05, 0.1) is 23.2 Å². The first kappa shape index (κ1) is 19.6. The Morgan fingerprint density at radius 3 is 2.90 bits per heavy atom. The quantitative estimate of drug-likeness (QED) is 0.775. The fraction of sp³-hybridized carbons (Fsp3) is 0.450. The van der Waals surface area contributed by atoms with E-state index in [1.54, 1.807) is 17.7 Å². The topological polar surface area (TPSA) is 110 Å². The van der Waals surface area contributed by atoms with Crippen LogP contribution in [0.15, 0.2) is 30.3 Å². The number of anilines is 2. The zero-order valence-electron chi connectivity index (χ0n) is 16.2. The van der Waals surface area contributed by atoms with Crippen molar-refractivity contribution in [1.82, 2.24) is 9.78 Å². The summed E-state index contributed by atoms with van der Waals surface area (Å²) in [7, 11) is -3.05. The molecule has 1 aromatic heterocycles. The van der Waals surface area contributed by atoms with Crippen molar-refractivity contribution in [1.29, 1.82) is 0 Å². The predicted molar refractivity (Wildman–Crippen MR) is 109 cm³/mol. The van der Waals surface area contributed by atoms with Crippen molar-refractivity contribution >= 4 is 33.2 Å². The van der Waals surface area contributed by atoms with Gasteiger partial charge in [0.15, 0.2) is 9.84 Å². The summed E-state index contributed by atoms with van der Waals surface area (Å²) < 4.78 is 25.2. The number of hydrogen-bond donors (Lipinski definition) is 2. The van der Waals surface area contributed by atoms with Gasteiger partial charge in [-0.25, -0.2) is 13.1 Å². The molecule has 1 fully saturated rings.